The maximum atomic E-state index is 12.8. The molecule has 206 valence electrons. The van der Waals surface area contributed by atoms with Crippen LogP contribution in [0.25, 0.3) is 0 Å². The van der Waals surface area contributed by atoms with E-state index in [4.69, 9.17) is 0 Å². The topological polar surface area (TPSA) is 61.4 Å². The summed E-state index contributed by atoms with van der Waals surface area (Å²) in [4.78, 5) is 26.9. The first-order valence-electron chi connectivity index (χ1n) is 15.0. The lowest BCUT2D eigenvalue weighted by Crippen LogP contribution is -2.32. The first kappa shape index (κ1) is 32.0. The molecule has 0 aliphatic heterocycles. The van der Waals surface area contributed by atoms with E-state index in [1.165, 1.54) is 83.5 Å². The van der Waals surface area contributed by atoms with Gasteiger partial charge in [0.1, 0.15) is 0 Å². The molecule has 0 aliphatic carbocycles. The number of carbonyl (C=O) groups is 2. The molecule has 0 unspecified atom stereocenters. The second kappa shape index (κ2) is 22.2. The number of rotatable bonds is 23. The lowest BCUT2D eigenvalue weighted by molar-refractivity contribution is -0.119. The third-order valence-corrected chi connectivity index (χ3v) is 6.69. The van der Waals surface area contributed by atoms with E-state index in [0.717, 1.165) is 44.6 Å². The van der Waals surface area contributed by atoms with Crippen LogP contribution in [-0.4, -0.2) is 42.9 Å². The van der Waals surface area contributed by atoms with Crippen LogP contribution < -0.4 is 10.6 Å². The molecule has 5 heteroatoms. The van der Waals surface area contributed by atoms with Crippen LogP contribution in [0.4, 0.5) is 5.69 Å². The van der Waals surface area contributed by atoms with E-state index in [1.807, 2.05) is 29.2 Å². The first-order chi connectivity index (χ1) is 17.6. The number of hydrogen-bond donors (Lipinski definition) is 2. The van der Waals surface area contributed by atoms with Gasteiger partial charge >= 0.3 is 0 Å². The van der Waals surface area contributed by atoms with Crippen molar-refractivity contribution >= 4 is 17.5 Å². The Morgan fingerprint density at radius 2 is 1.22 bits per heavy atom. The molecule has 5 nitrogen and oxygen atoms in total. The molecule has 1 rings (SSSR count). The van der Waals surface area contributed by atoms with Gasteiger partial charge in [0.2, 0.25) is 5.91 Å². The fourth-order valence-electron chi connectivity index (χ4n) is 4.59. The highest BCUT2D eigenvalue weighted by molar-refractivity contribution is 5.95. The highest BCUT2D eigenvalue weighted by Crippen LogP contribution is 2.14. The van der Waals surface area contributed by atoms with Crippen molar-refractivity contribution < 1.29 is 9.59 Å². The van der Waals surface area contributed by atoms with Crippen LogP contribution >= 0.6 is 0 Å². The Balaban J connectivity index is 2.08. The molecular weight excluding hydrogens is 446 g/mol. The SMILES string of the molecule is CCCCCCCCCCCCCCCCNC(=O)CNc1cccc(C(=O)N(CCC)CCC)c1. The average Bonchev–Trinajstić information content (AvgIpc) is 2.89. The smallest absolute Gasteiger partial charge is 0.253 e. The molecule has 0 bridgehead atoms. The monoisotopic (exact) mass is 501 g/mol. The molecule has 0 atom stereocenters. The maximum Gasteiger partial charge on any atom is 0.253 e. The highest BCUT2D eigenvalue weighted by Gasteiger charge is 2.14. The number of nitrogens with one attached hydrogen (secondary N) is 2. The first-order valence-corrected chi connectivity index (χ1v) is 15.0. The van der Waals surface area contributed by atoms with Gasteiger partial charge in [-0.3, -0.25) is 9.59 Å². The molecule has 0 radical (unpaired) electrons. The Morgan fingerprint density at radius 3 is 1.75 bits per heavy atom. The average molecular weight is 502 g/mol. The summed E-state index contributed by atoms with van der Waals surface area (Å²) < 4.78 is 0. The normalized spacial score (nSPS) is 10.9. The molecule has 2 N–H and O–H groups in total. The van der Waals surface area contributed by atoms with Crippen molar-refractivity contribution in [3.05, 3.63) is 29.8 Å². The van der Waals surface area contributed by atoms with E-state index in [9.17, 15) is 9.59 Å². The molecule has 0 fully saturated rings. The molecule has 0 aromatic heterocycles. The Kier molecular flexibility index (Phi) is 19.7. The van der Waals surface area contributed by atoms with Gasteiger partial charge in [-0.2, -0.15) is 0 Å². The largest absolute Gasteiger partial charge is 0.376 e. The standard InChI is InChI=1S/C31H55N3O2/c1-4-7-8-9-10-11-12-13-14-15-16-17-18-19-23-32-30(35)27-33-29-22-20-21-28(26-29)31(36)34(24-5-2)25-6-3/h20-22,26,33H,4-19,23-25,27H2,1-3H3,(H,32,35). The van der Waals surface area contributed by atoms with Gasteiger partial charge in [0.25, 0.3) is 5.91 Å². The number of nitrogens with zero attached hydrogens (tertiary/aromatic N) is 1. The molecule has 36 heavy (non-hydrogen) atoms. The van der Waals surface area contributed by atoms with Crippen molar-refractivity contribution in [1.82, 2.24) is 10.2 Å². The fraction of sp³-hybridized carbons (Fsp3) is 0.742. The molecule has 2 amide bonds. The molecule has 0 saturated heterocycles. The van der Waals surface area contributed by atoms with E-state index in [-0.39, 0.29) is 18.4 Å². The Hall–Kier alpha value is -2.04. The molecule has 0 heterocycles. The predicted molar refractivity (Wildman–Crippen MR) is 155 cm³/mol. The summed E-state index contributed by atoms with van der Waals surface area (Å²) in [5.41, 5.74) is 1.48. The van der Waals surface area contributed by atoms with Gasteiger partial charge in [-0.05, 0) is 37.5 Å². The van der Waals surface area contributed by atoms with Crippen LogP contribution in [0.3, 0.4) is 0 Å². The Labute approximate surface area is 222 Å². The third kappa shape index (κ3) is 15.9. The van der Waals surface area contributed by atoms with Crippen molar-refractivity contribution in [2.75, 3.05) is 31.5 Å². The van der Waals surface area contributed by atoms with E-state index in [0.29, 0.717) is 5.56 Å². The van der Waals surface area contributed by atoms with Crippen LogP contribution in [0.5, 0.6) is 0 Å². The quantitative estimate of drug-likeness (QED) is 0.150. The molecule has 0 saturated carbocycles. The zero-order valence-corrected chi connectivity index (χ0v) is 23.7. The maximum absolute atomic E-state index is 12.8. The minimum atomic E-state index is 0.0000150. The molecule has 0 spiro atoms. The molecule has 1 aromatic rings. The highest BCUT2D eigenvalue weighted by atomic mass is 16.2. The van der Waals surface area contributed by atoms with Gasteiger partial charge in [0, 0.05) is 30.9 Å². The number of amides is 2. The fourth-order valence-corrected chi connectivity index (χ4v) is 4.59. The number of benzene rings is 1. The van der Waals surface area contributed by atoms with Crippen molar-refractivity contribution in [3.63, 3.8) is 0 Å². The number of carbonyl (C=O) groups excluding carboxylic acids is 2. The Bertz CT molecular complexity index is 686. The van der Waals surface area contributed by atoms with Gasteiger partial charge in [-0.15, -0.1) is 0 Å². The lowest BCUT2D eigenvalue weighted by Gasteiger charge is -2.21. The number of hydrogen-bond acceptors (Lipinski definition) is 3. The van der Waals surface area contributed by atoms with Gasteiger partial charge in [0.15, 0.2) is 0 Å². The lowest BCUT2D eigenvalue weighted by atomic mass is 10.0. The summed E-state index contributed by atoms with van der Waals surface area (Å²) in [5.74, 6) is 0.0598. The summed E-state index contributed by atoms with van der Waals surface area (Å²) in [7, 11) is 0. The zero-order valence-electron chi connectivity index (χ0n) is 23.7. The number of unbranched alkanes of at least 4 members (excludes halogenated alkanes) is 13. The van der Waals surface area contributed by atoms with E-state index >= 15 is 0 Å². The molecule has 1 aromatic carbocycles. The van der Waals surface area contributed by atoms with E-state index in [1.54, 1.807) is 0 Å². The summed E-state index contributed by atoms with van der Waals surface area (Å²) in [6.45, 7) is 8.95. The van der Waals surface area contributed by atoms with Crippen LogP contribution in [0, 0.1) is 0 Å². The minimum Gasteiger partial charge on any atom is -0.376 e. The van der Waals surface area contributed by atoms with Crippen molar-refractivity contribution in [3.8, 4) is 0 Å². The van der Waals surface area contributed by atoms with Crippen LogP contribution in [0.2, 0.25) is 0 Å². The van der Waals surface area contributed by atoms with Crippen LogP contribution in [-0.2, 0) is 4.79 Å². The summed E-state index contributed by atoms with van der Waals surface area (Å²) >= 11 is 0. The van der Waals surface area contributed by atoms with E-state index < -0.39 is 0 Å². The number of anilines is 1. The van der Waals surface area contributed by atoms with Crippen molar-refractivity contribution in [1.29, 1.82) is 0 Å². The third-order valence-electron chi connectivity index (χ3n) is 6.69. The van der Waals surface area contributed by atoms with Crippen LogP contribution in [0.15, 0.2) is 24.3 Å². The van der Waals surface area contributed by atoms with Gasteiger partial charge in [-0.25, -0.2) is 0 Å². The second-order valence-electron chi connectivity index (χ2n) is 10.2. The Morgan fingerprint density at radius 1 is 0.694 bits per heavy atom. The van der Waals surface area contributed by atoms with Crippen molar-refractivity contribution in [2.24, 2.45) is 0 Å². The van der Waals surface area contributed by atoms with Gasteiger partial charge in [0.05, 0.1) is 6.54 Å². The van der Waals surface area contributed by atoms with Crippen LogP contribution in [0.1, 0.15) is 134 Å². The van der Waals surface area contributed by atoms with Gasteiger partial charge < -0.3 is 15.5 Å². The summed E-state index contributed by atoms with van der Waals surface area (Å²) in [6, 6.07) is 7.48. The van der Waals surface area contributed by atoms with Gasteiger partial charge in [-0.1, -0.05) is 110 Å². The van der Waals surface area contributed by atoms with E-state index in [2.05, 4.69) is 31.4 Å². The molecular formula is C31H55N3O2. The minimum absolute atomic E-state index is 0.0000150. The molecule has 0 aliphatic rings. The second-order valence-corrected chi connectivity index (χ2v) is 10.2. The van der Waals surface area contributed by atoms with Crippen molar-refractivity contribution in [2.45, 2.75) is 124 Å². The summed E-state index contributed by atoms with van der Waals surface area (Å²) in [6.07, 6.45) is 20.6. The zero-order chi connectivity index (χ0) is 26.3. The predicted octanol–water partition coefficient (Wildman–Crippen LogP) is 7.96. The summed E-state index contributed by atoms with van der Waals surface area (Å²) in [5, 5.41) is 6.17.